The van der Waals surface area contributed by atoms with Gasteiger partial charge in [0.1, 0.15) is 6.54 Å². The maximum Gasteiger partial charge on any atom is 0.270 e. The maximum absolute atomic E-state index is 12.4. The number of amides is 1. The summed E-state index contributed by atoms with van der Waals surface area (Å²) in [4.78, 5) is 35.0. The normalized spacial score (nSPS) is 10.7. The number of pyridine rings is 1. The van der Waals surface area contributed by atoms with Crippen LogP contribution in [0.2, 0.25) is 5.02 Å². The van der Waals surface area contributed by atoms with Crippen LogP contribution in [0, 0.1) is 17.0 Å². The van der Waals surface area contributed by atoms with Gasteiger partial charge in [0.05, 0.1) is 10.4 Å². The van der Waals surface area contributed by atoms with E-state index < -0.39 is 10.8 Å². The van der Waals surface area contributed by atoms with Crippen LogP contribution >= 0.6 is 11.6 Å². The predicted molar refractivity (Wildman–Crippen MR) is 99.7 cm³/mol. The second-order valence-electron chi connectivity index (χ2n) is 5.77. The lowest BCUT2D eigenvalue weighted by Gasteiger charge is -2.12. The van der Waals surface area contributed by atoms with E-state index >= 15 is 0 Å². The third-order valence-electron chi connectivity index (χ3n) is 3.96. The SMILES string of the molecule is Cc1ccc(Cl)cc1NC(=O)Cn1c(=O)ccc2cc([N+](=O)[O-])ccc21. The van der Waals surface area contributed by atoms with Gasteiger partial charge in [0.2, 0.25) is 5.91 Å². The van der Waals surface area contributed by atoms with Gasteiger partial charge in [0.25, 0.3) is 11.2 Å². The number of carbonyl (C=O) groups is 1. The number of hydrogen-bond donors (Lipinski definition) is 1. The number of aryl methyl sites for hydroxylation is 1. The fourth-order valence-corrected chi connectivity index (χ4v) is 2.80. The molecule has 7 nitrogen and oxygen atoms in total. The van der Waals surface area contributed by atoms with E-state index in [0.29, 0.717) is 21.6 Å². The Kier molecular flexibility index (Phi) is 4.73. The zero-order valence-electron chi connectivity index (χ0n) is 13.7. The predicted octanol–water partition coefficient (Wildman–Crippen LogP) is 3.51. The molecule has 0 aliphatic carbocycles. The van der Waals surface area contributed by atoms with Gasteiger partial charge in [-0.2, -0.15) is 0 Å². The lowest BCUT2D eigenvalue weighted by Crippen LogP contribution is -2.27. The van der Waals surface area contributed by atoms with Crippen molar-refractivity contribution in [2.24, 2.45) is 0 Å². The first kappa shape index (κ1) is 17.6. The number of nitro groups is 1. The number of rotatable bonds is 4. The summed E-state index contributed by atoms with van der Waals surface area (Å²) in [5.74, 6) is -0.400. The minimum absolute atomic E-state index is 0.0818. The van der Waals surface area contributed by atoms with Gasteiger partial charge >= 0.3 is 0 Å². The van der Waals surface area contributed by atoms with E-state index in [-0.39, 0.29) is 17.8 Å². The van der Waals surface area contributed by atoms with E-state index in [2.05, 4.69) is 5.32 Å². The number of nitro benzene ring substituents is 1. The number of aromatic nitrogens is 1. The van der Waals surface area contributed by atoms with Crippen LogP contribution in [0.3, 0.4) is 0 Å². The highest BCUT2D eigenvalue weighted by Crippen LogP contribution is 2.21. The standard InChI is InChI=1S/C18H14ClN3O4/c1-11-2-4-13(19)9-15(11)20-17(23)10-21-16-6-5-14(22(25)26)8-12(16)3-7-18(21)24/h2-9H,10H2,1H3,(H,20,23). The smallest absolute Gasteiger partial charge is 0.270 e. The summed E-state index contributed by atoms with van der Waals surface area (Å²) >= 11 is 5.94. The fourth-order valence-electron chi connectivity index (χ4n) is 2.63. The minimum atomic E-state index is -0.510. The Balaban J connectivity index is 1.93. The Morgan fingerprint density at radius 1 is 1.19 bits per heavy atom. The molecular weight excluding hydrogens is 358 g/mol. The van der Waals surface area contributed by atoms with Gasteiger partial charge < -0.3 is 5.32 Å². The average Bonchev–Trinajstić information content (AvgIpc) is 2.60. The van der Waals surface area contributed by atoms with E-state index in [9.17, 15) is 19.7 Å². The van der Waals surface area contributed by atoms with Crippen molar-refractivity contribution in [3.8, 4) is 0 Å². The molecule has 26 heavy (non-hydrogen) atoms. The largest absolute Gasteiger partial charge is 0.324 e. The summed E-state index contributed by atoms with van der Waals surface area (Å²) in [5, 5.41) is 14.6. The van der Waals surface area contributed by atoms with Gasteiger partial charge in [-0.15, -0.1) is 0 Å². The molecule has 0 unspecified atom stereocenters. The zero-order chi connectivity index (χ0) is 18.8. The first-order valence-corrected chi connectivity index (χ1v) is 8.07. The molecule has 0 atom stereocenters. The summed E-state index contributed by atoms with van der Waals surface area (Å²) in [6.45, 7) is 1.61. The van der Waals surface area contributed by atoms with Crippen molar-refractivity contribution in [2.75, 3.05) is 5.32 Å². The minimum Gasteiger partial charge on any atom is -0.324 e. The molecule has 0 aliphatic rings. The van der Waals surface area contributed by atoms with Crippen LogP contribution in [0.4, 0.5) is 11.4 Å². The molecule has 1 N–H and O–H groups in total. The Morgan fingerprint density at radius 3 is 2.69 bits per heavy atom. The van der Waals surface area contributed by atoms with E-state index in [1.807, 2.05) is 6.92 Å². The number of carbonyl (C=O) groups excluding carboxylic acids is 1. The molecule has 132 valence electrons. The molecule has 0 bridgehead atoms. The third-order valence-corrected chi connectivity index (χ3v) is 4.19. The molecule has 0 fully saturated rings. The van der Waals surface area contributed by atoms with E-state index in [4.69, 9.17) is 11.6 Å². The summed E-state index contributed by atoms with van der Waals surface area (Å²) in [7, 11) is 0. The lowest BCUT2D eigenvalue weighted by molar-refractivity contribution is -0.384. The van der Waals surface area contributed by atoms with E-state index in [1.54, 1.807) is 18.2 Å². The topological polar surface area (TPSA) is 94.2 Å². The highest BCUT2D eigenvalue weighted by molar-refractivity contribution is 6.31. The van der Waals surface area contributed by atoms with Crippen LogP contribution in [0.1, 0.15) is 5.56 Å². The lowest BCUT2D eigenvalue weighted by atomic mass is 10.2. The molecule has 3 aromatic rings. The van der Waals surface area contributed by atoms with Crippen molar-refractivity contribution in [1.82, 2.24) is 4.57 Å². The van der Waals surface area contributed by atoms with Crippen molar-refractivity contribution in [3.63, 3.8) is 0 Å². The Hall–Kier alpha value is -3.19. The van der Waals surface area contributed by atoms with Crippen LogP contribution in [0.5, 0.6) is 0 Å². The summed E-state index contributed by atoms with van der Waals surface area (Å²) in [6.07, 6.45) is 0. The molecule has 8 heteroatoms. The zero-order valence-corrected chi connectivity index (χ0v) is 14.5. The number of fused-ring (bicyclic) bond motifs is 1. The van der Waals surface area contributed by atoms with Gasteiger partial charge in [-0.1, -0.05) is 17.7 Å². The van der Waals surface area contributed by atoms with Crippen molar-refractivity contribution >= 4 is 39.8 Å². The molecule has 2 aromatic carbocycles. The van der Waals surface area contributed by atoms with Crippen LogP contribution in [0.15, 0.2) is 53.3 Å². The van der Waals surface area contributed by atoms with E-state index in [0.717, 1.165) is 5.56 Å². The molecular formula is C18H14ClN3O4. The van der Waals surface area contributed by atoms with Gasteiger partial charge in [0, 0.05) is 34.3 Å². The van der Waals surface area contributed by atoms with Crippen molar-refractivity contribution in [1.29, 1.82) is 0 Å². The Morgan fingerprint density at radius 2 is 1.96 bits per heavy atom. The Labute approximate surface area is 153 Å². The molecule has 0 aliphatic heterocycles. The molecule has 1 aromatic heterocycles. The average molecular weight is 372 g/mol. The molecule has 1 amide bonds. The highest BCUT2D eigenvalue weighted by Gasteiger charge is 2.12. The van der Waals surface area contributed by atoms with Crippen LogP contribution in [-0.2, 0) is 11.3 Å². The first-order chi connectivity index (χ1) is 12.3. The number of nitrogens with zero attached hydrogens (tertiary/aromatic N) is 2. The summed E-state index contributed by atoms with van der Waals surface area (Å²) in [5.41, 5.74) is 1.39. The molecule has 1 heterocycles. The number of hydrogen-bond acceptors (Lipinski definition) is 4. The van der Waals surface area contributed by atoms with Crippen LogP contribution in [-0.4, -0.2) is 15.4 Å². The number of anilines is 1. The van der Waals surface area contributed by atoms with Crippen molar-refractivity contribution < 1.29 is 9.72 Å². The second kappa shape index (κ2) is 6.97. The molecule has 0 radical (unpaired) electrons. The maximum atomic E-state index is 12.4. The number of halogens is 1. The molecule has 0 saturated carbocycles. The van der Waals surface area contributed by atoms with Crippen LogP contribution < -0.4 is 10.9 Å². The molecule has 3 rings (SSSR count). The molecule has 0 spiro atoms. The number of nitrogens with one attached hydrogen (secondary N) is 1. The quantitative estimate of drug-likeness (QED) is 0.560. The number of non-ortho nitro benzene ring substituents is 1. The van der Waals surface area contributed by atoms with Gasteiger partial charge in [-0.25, -0.2) is 0 Å². The Bertz CT molecular complexity index is 1090. The highest BCUT2D eigenvalue weighted by atomic mass is 35.5. The number of benzene rings is 2. The monoisotopic (exact) mass is 371 g/mol. The van der Waals surface area contributed by atoms with Crippen molar-refractivity contribution in [3.05, 3.63) is 79.6 Å². The molecule has 0 saturated heterocycles. The summed E-state index contributed by atoms with van der Waals surface area (Å²) < 4.78 is 1.27. The second-order valence-corrected chi connectivity index (χ2v) is 6.20. The first-order valence-electron chi connectivity index (χ1n) is 7.69. The third kappa shape index (κ3) is 3.57. The van der Waals surface area contributed by atoms with E-state index in [1.165, 1.54) is 34.9 Å². The summed E-state index contributed by atoms with van der Waals surface area (Å²) in [6, 6.07) is 12.0. The van der Waals surface area contributed by atoms with Crippen LogP contribution in [0.25, 0.3) is 10.9 Å². The fraction of sp³-hybridized carbons (Fsp3) is 0.111. The van der Waals surface area contributed by atoms with Crippen molar-refractivity contribution in [2.45, 2.75) is 13.5 Å². The van der Waals surface area contributed by atoms with Gasteiger partial charge in [-0.05, 0) is 36.8 Å². The van der Waals surface area contributed by atoms with Gasteiger partial charge in [-0.3, -0.25) is 24.3 Å². The van der Waals surface area contributed by atoms with Gasteiger partial charge in [0.15, 0.2) is 0 Å².